The Balaban J connectivity index is 1.42. The Bertz CT molecular complexity index is 1560. The molecule has 2 aromatic carbocycles. The first-order valence-corrected chi connectivity index (χ1v) is 15.0. The van der Waals surface area contributed by atoms with Gasteiger partial charge in [-0.1, -0.05) is 18.2 Å². The van der Waals surface area contributed by atoms with Gasteiger partial charge in [0.1, 0.15) is 17.0 Å². The molecule has 10 heteroatoms. The van der Waals surface area contributed by atoms with Crippen molar-refractivity contribution in [2.24, 2.45) is 0 Å². The van der Waals surface area contributed by atoms with Gasteiger partial charge < -0.3 is 25.4 Å². The smallest absolute Gasteiger partial charge is 0.410 e. The second-order valence-electron chi connectivity index (χ2n) is 12.5. The highest BCUT2D eigenvalue weighted by Gasteiger charge is 2.36. The third kappa shape index (κ3) is 5.93. The lowest BCUT2D eigenvalue weighted by Crippen LogP contribution is -2.36. The predicted molar refractivity (Wildman–Crippen MR) is 161 cm³/mol. The summed E-state index contributed by atoms with van der Waals surface area (Å²) in [7, 11) is 0. The molecule has 3 aliphatic rings. The Morgan fingerprint density at radius 1 is 1.05 bits per heavy atom. The van der Waals surface area contributed by atoms with Gasteiger partial charge in [0, 0.05) is 43.0 Å². The molecular formula is C33H38FN5O4. The van der Waals surface area contributed by atoms with Crippen molar-refractivity contribution in [2.45, 2.75) is 70.4 Å². The Labute approximate surface area is 251 Å². The molecule has 2 saturated heterocycles. The summed E-state index contributed by atoms with van der Waals surface area (Å²) in [6.07, 6.45) is 3.72. The maximum Gasteiger partial charge on any atom is 0.410 e. The fraction of sp³-hybridized carbons (Fsp3) is 0.455. The normalized spacial score (nSPS) is 19.2. The van der Waals surface area contributed by atoms with Crippen molar-refractivity contribution in [1.82, 2.24) is 20.2 Å². The molecule has 1 aromatic heterocycles. The maximum absolute atomic E-state index is 15.5. The number of ether oxygens (including phenoxy) is 2. The zero-order valence-electron chi connectivity index (χ0n) is 24.9. The van der Waals surface area contributed by atoms with Crippen LogP contribution in [0.5, 0.6) is 0 Å². The lowest BCUT2D eigenvalue weighted by molar-refractivity contribution is 0.0222. The molecule has 1 atom stereocenters. The number of anilines is 1. The van der Waals surface area contributed by atoms with Crippen molar-refractivity contribution < 1.29 is 23.5 Å². The van der Waals surface area contributed by atoms with E-state index >= 15 is 4.39 Å². The van der Waals surface area contributed by atoms with Gasteiger partial charge in [-0.15, -0.1) is 0 Å². The quantitative estimate of drug-likeness (QED) is 0.397. The van der Waals surface area contributed by atoms with Gasteiger partial charge in [0.15, 0.2) is 5.82 Å². The van der Waals surface area contributed by atoms with E-state index in [0.717, 1.165) is 42.4 Å². The highest BCUT2D eigenvalue weighted by atomic mass is 19.1. The van der Waals surface area contributed by atoms with E-state index in [1.54, 1.807) is 17.0 Å². The number of hydrogen-bond donors (Lipinski definition) is 2. The molecule has 3 N–H and O–H groups in total. The Morgan fingerprint density at radius 2 is 1.79 bits per heavy atom. The van der Waals surface area contributed by atoms with Crippen LogP contribution in [0.15, 0.2) is 36.4 Å². The molecule has 0 saturated carbocycles. The van der Waals surface area contributed by atoms with Gasteiger partial charge in [0.05, 0.1) is 6.04 Å². The number of nitrogen functional groups attached to an aromatic ring is 1. The lowest BCUT2D eigenvalue weighted by Gasteiger charge is -2.32. The van der Waals surface area contributed by atoms with E-state index in [1.165, 1.54) is 0 Å². The van der Waals surface area contributed by atoms with Crippen molar-refractivity contribution in [3.05, 3.63) is 64.6 Å². The van der Waals surface area contributed by atoms with E-state index in [4.69, 9.17) is 20.2 Å². The van der Waals surface area contributed by atoms with Gasteiger partial charge in [0.2, 0.25) is 5.95 Å². The summed E-state index contributed by atoms with van der Waals surface area (Å²) < 4.78 is 26.9. The van der Waals surface area contributed by atoms with E-state index in [2.05, 4.69) is 10.3 Å². The molecule has 0 aliphatic carbocycles. The molecule has 0 spiro atoms. The minimum Gasteiger partial charge on any atom is -0.444 e. The topological polar surface area (TPSA) is 120 Å². The van der Waals surface area contributed by atoms with E-state index in [0.29, 0.717) is 55.1 Å². The molecule has 43 heavy (non-hydrogen) atoms. The third-order valence-electron chi connectivity index (χ3n) is 8.44. The number of halogens is 1. The van der Waals surface area contributed by atoms with Crippen molar-refractivity contribution in [3.63, 3.8) is 0 Å². The van der Waals surface area contributed by atoms with E-state index in [-0.39, 0.29) is 35.5 Å². The number of fused-ring (bicyclic) bond motifs is 1. The Kier molecular flexibility index (Phi) is 7.81. The largest absolute Gasteiger partial charge is 0.444 e. The summed E-state index contributed by atoms with van der Waals surface area (Å²) in [4.78, 5) is 36.1. The number of carbonyl (C=O) groups is 2. The molecule has 3 aromatic rings. The van der Waals surface area contributed by atoms with Crippen LogP contribution in [-0.4, -0.2) is 58.8 Å². The number of nitrogens with zero attached hydrogens (tertiary/aromatic N) is 3. The van der Waals surface area contributed by atoms with Crippen LogP contribution in [0.25, 0.3) is 22.5 Å². The van der Waals surface area contributed by atoms with Gasteiger partial charge in [-0.3, -0.25) is 4.79 Å². The average molecular weight is 588 g/mol. The molecule has 4 heterocycles. The van der Waals surface area contributed by atoms with E-state index < -0.39 is 11.5 Å². The number of aromatic nitrogens is 2. The molecule has 9 nitrogen and oxygen atoms in total. The first-order chi connectivity index (χ1) is 20.6. The minimum absolute atomic E-state index is 0.0209. The summed E-state index contributed by atoms with van der Waals surface area (Å²) in [5.41, 5.74) is 10.9. The highest BCUT2D eigenvalue weighted by Crippen LogP contribution is 2.42. The number of rotatable bonds is 4. The number of nitrogens with two attached hydrogens (primary N) is 1. The van der Waals surface area contributed by atoms with Gasteiger partial charge >= 0.3 is 6.09 Å². The fourth-order valence-corrected chi connectivity index (χ4v) is 6.42. The molecule has 1 unspecified atom stereocenters. The first kappa shape index (κ1) is 29.0. The molecule has 0 bridgehead atoms. The van der Waals surface area contributed by atoms with E-state index in [1.807, 2.05) is 45.0 Å². The zero-order chi connectivity index (χ0) is 30.3. The minimum atomic E-state index is -0.765. The summed E-state index contributed by atoms with van der Waals surface area (Å²) in [5.74, 6) is -0.633. The second-order valence-corrected chi connectivity index (χ2v) is 12.5. The van der Waals surface area contributed by atoms with Crippen LogP contribution >= 0.6 is 0 Å². The number of hydrogen-bond acceptors (Lipinski definition) is 7. The van der Waals surface area contributed by atoms with Crippen LogP contribution in [-0.2, 0) is 15.9 Å². The summed E-state index contributed by atoms with van der Waals surface area (Å²) in [5, 5.41) is 2.84. The van der Waals surface area contributed by atoms with Gasteiger partial charge in [0.25, 0.3) is 5.91 Å². The van der Waals surface area contributed by atoms with Crippen molar-refractivity contribution in [3.8, 4) is 22.5 Å². The number of likely N-dealkylation sites (tertiary alicyclic amines) is 1. The lowest BCUT2D eigenvalue weighted by atomic mass is 9.84. The van der Waals surface area contributed by atoms with Crippen LogP contribution in [0.4, 0.5) is 15.0 Å². The third-order valence-corrected chi connectivity index (χ3v) is 8.44. The molecule has 2 fully saturated rings. The van der Waals surface area contributed by atoms with Crippen LogP contribution in [0.3, 0.4) is 0 Å². The number of amides is 2. The summed E-state index contributed by atoms with van der Waals surface area (Å²) >= 11 is 0. The molecule has 0 radical (unpaired) electrons. The van der Waals surface area contributed by atoms with E-state index in [9.17, 15) is 9.59 Å². The maximum atomic E-state index is 15.5. The number of benzene rings is 2. The first-order valence-electron chi connectivity index (χ1n) is 15.0. The monoisotopic (exact) mass is 587 g/mol. The molecule has 6 rings (SSSR count). The van der Waals surface area contributed by atoms with Crippen LogP contribution < -0.4 is 11.1 Å². The Morgan fingerprint density at radius 3 is 2.56 bits per heavy atom. The van der Waals surface area contributed by atoms with Crippen molar-refractivity contribution in [2.75, 3.05) is 32.0 Å². The molecule has 2 amide bonds. The van der Waals surface area contributed by atoms with Gasteiger partial charge in [-0.2, -0.15) is 9.37 Å². The standard InChI is InChI=1S/C33H38FN5O4/c1-33(2,3)43-32(41)39-14-4-5-26(39)25-18-22(6-8-23(25)19-11-15-42-16-12-19)27-29(34)38-30(35)28(37-27)21-7-9-24-20(17-21)10-13-36-31(24)40/h6-9,17-19,26H,4-5,10-16H2,1-3H3,(H2,35,38)(H,36,40). The molecule has 3 aliphatic heterocycles. The van der Waals surface area contributed by atoms with Gasteiger partial charge in [-0.25, -0.2) is 9.78 Å². The Hall–Kier alpha value is -4.05. The second kappa shape index (κ2) is 11.6. The predicted octanol–water partition coefficient (Wildman–Crippen LogP) is 5.78. The number of carbonyl (C=O) groups excluding carboxylic acids is 2. The van der Waals surface area contributed by atoms with Crippen LogP contribution in [0, 0.1) is 5.95 Å². The number of nitrogens with one attached hydrogen (secondary N) is 1. The molecule has 226 valence electrons. The van der Waals surface area contributed by atoms with Crippen LogP contribution in [0.1, 0.15) is 85.5 Å². The zero-order valence-corrected chi connectivity index (χ0v) is 24.9. The average Bonchev–Trinajstić information content (AvgIpc) is 3.47. The van der Waals surface area contributed by atoms with Crippen molar-refractivity contribution >= 4 is 17.8 Å². The SMILES string of the molecule is CC(C)(C)OC(=O)N1CCCC1c1cc(-c2nc(-c3ccc4c(c3)CCNC4=O)c(N)nc2F)ccc1C1CCOCC1. The van der Waals surface area contributed by atoms with Crippen molar-refractivity contribution in [1.29, 1.82) is 0 Å². The summed E-state index contributed by atoms with van der Waals surface area (Å²) in [6.45, 7) is 8.08. The van der Waals surface area contributed by atoms with Crippen LogP contribution in [0.2, 0.25) is 0 Å². The fourth-order valence-electron chi connectivity index (χ4n) is 6.42. The highest BCUT2D eigenvalue weighted by molar-refractivity contribution is 5.97. The molecular weight excluding hydrogens is 549 g/mol. The summed E-state index contributed by atoms with van der Waals surface area (Å²) in [6, 6.07) is 11.1. The van der Waals surface area contributed by atoms with Gasteiger partial charge in [-0.05, 0) is 93.7 Å².